The lowest BCUT2D eigenvalue weighted by molar-refractivity contribution is 0.302. The third kappa shape index (κ3) is 2.34. The van der Waals surface area contributed by atoms with Crippen molar-refractivity contribution in [3.05, 3.63) is 65.6 Å². The summed E-state index contributed by atoms with van der Waals surface area (Å²) >= 11 is 0. The quantitative estimate of drug-likeness (QED) is 0.729. The van der Waals surface area contributed by atoms with Crippen LogP contribution in [0.15, 0.2) is 48.8 Å². The molecule has 20 heavy (non-hydrogen) atoms. The predicted octanol–water partition coefficient (Wildman–Crippen LogP) is 3.09. The number of imidazole rings is 1. The second-order valence-electron chi connectivity index (χ2n) is 4.58. The monoisotopic (exact) mass is 263 g/mol. The molecule has 0 unspecified atom stereocenters. The highest BCUT2D eigenvalue weighted by atomic mass is 16.5. The van der Waals surface area contributed by atoms with Gasteiger partial charge in [0.05, 0.1) is 17.3 Å². The second kappa shape index (κ2) is 5.06. The van der Waals surface area contributed by atoms with Crippen molar-refractivity contribution in [3.8, 4) is 11.8 Å². The Kier molecular flexibility index (Phi) is 3.10. The van der Waals surface area contributed by atoms with Gasteiger partial charge in [-0.05, 0) is 42.8 Å². The first-order chi connectivity index (χ1) is 9.76. The Labute approximate surface area is 116 Å². The molecule has 0 saturated carbocycles. The number of nitrogens with zero attached hydrogens (tertiary/aromatic N) is 3. The van der Waals surface area contributed by atoms with Crippen molar-refractivity contribution in [1.29, 1.82) is 5.26 Å². The number of rotatable bonds is 3. The Balaban J connectivity index is 1.76. The van der Waals surface area contributed by atoms with Crippen LogP contribution in [0.25, 0.3) is 5.65 Å². The largest absolute Gasteiger partial charge is 0.487 e. The molecule has 0 fully saturated rings. The molecular formula is C16H13N3O. The summed E-state index contributed by atoms with van der Waals surface area (Å²) in [4.78, 5) is 4.55. The van der Waals surface area contributed by atoms with E-state index in [1.807, 2.05) is 35.9 Å². The minimum atomic E-state index is 0.410. The van der Waals surface area contributed by atoms with Crippen molar-refractivity contribution < 1.29 is 4.74 Å². The minimum absolute atomic E-state index is 0.410. The van der Waals surface area contributed by atoms with Gasteiger partial charge < -0.3 is 9.14 Å². The van der Waals surface area contributed by atoms with Crippen LogP contribution in [0.3, 0.4) is 0 Å². The Hall–Kier alpha value is -2.80. The topological polar surface area (TPSA) is 50.3 Å². The summed E-state index contributed by atoms with van der Waals surface area (Å²) in [6.07, 6.45) is 3.94. The van der Waals surface area contributed by atoms with Crippen LogP contribution in [0.1, 0.15) is 16.8 Å². The number of fused-ring (bicyclic) bond motifs is 1. The van der Waals surface area contributed by atoms with E-state index in [4.69, 9.17) is 10.00 Å². The molecule has 98 valence electrons. The molecule has 0 bridgehead atoms. The highest BCUT2D eigenvalue weighted by molar-refractivity contribution is 5.47. The van der Waals surface area contributed by atoms with Gasteiger partial charge in [0.1, 0.15) is 18.0 Å². The fourth-order valence-corrected chi connectivity index (χ4v) is 2.06. The van der Waals surface area contributed by atoms with Gasteiger partial charge in [0, 0.05) is 12.4 Å². The molecule has 3 rings (SSSR count). The highest BCUT2D eigenvalue weighted by Crippen LogP contribution is 2.15. The minimum Gasteiger partial charge on any atom is -0.487 e. The lowest BCUT2D eigenvalue weighted by Gasteiger charge is -2.03. The van der Waals surface area contributed by atoms with E-state index in [9.17, 15) is 0 Å². The molecule has 0 aliphatic carbocycles. The Morgan fingerprint density at radius 1 is 1.25 bits per heavy atom. The normalized spacial score (nSPS) is 10.4. The number of pyridine rings is 1. The fraction of sp³-hybridized carbons (Fsp3) is 0.125. The van der Waals surface area contributed by atoms with Crippen molar-refractivity contribution in [2.45, 2.75) is 13.5 Å². The summed E-state index contributed by atoms with van der Waals surface area (Å²) in [6.45, 7) is 2.45. The Bertz CT molecular complexity index is 782. The Morgan fingerprint density at radius 2 is 2.05 bits per heavy atom. The summed E-state index contributed by atoms with van der Waals surface area (Å²) in [5.74, 6) is 0.734. The fourth-order valence-electron chi connectivity index (χ4n) is 2.06. The van der Waals surface area contributed by atoms with E-state index in [1.165, 1.54) is 0 Å². The van der Waals surface area contributed by atoms with E-state index in [0.717, 1.165) is 22.7 Å². The smallest absolute Gasteiger partial charge is 0.140 e. The number of aromatic nitrogens is 2. The summed E-state index contributed by atoms with van der Waals surface area (Å²) in [7, 11) is 0. The molecular weight excluding hydrogens is 250 g/mol. The average Bonchev–Trinajstić information content (AvgIpc) is 2.90. The molecule has 0 saturated heterocycles. The molecule has 0 aliphatic heterocycles. The third-order valence-corrected chi connectivity index (χ3v) is 3.10. The summed E-state index contributed by atoms with van der Waals surface area (Å²) in [5, 5.41) is 8.74. The molecule has 4 nitrogen and oxygen atoms in total. The highest BCUT2D eigenvalue weighted by Gasteiger charge is 2.04. The van der Waals surface area contributed by atoms with E-state index in [-0.39, 0.29) is 0 Å². The molecule has 0 radical (unpaired) electrons. The van der Waals surface area contributed by atoms with Gasteiger partial charge in [0.2, 0.25) is 0 Å². The number of hydrogen-bond donors (Lipinski definition) is 0. The van der Waals surface area contributed by atoms with E-state index < -0.39 is 0 Å². The SMILES string of the molecule is Cc1cccn2cc(COc3ccc(C#N)cc3)nc12. The molecule has 4 heteroatoms. The van der Waals surface area contributed by atoms with Crippen LogP contribution in [0.4, 0.5) is 0 Å². The number of ether oxygens (including phenoxy) is 1. The van der Waals surface area contributed by atoms with Crippen molar-refractivity contribution in [2.75, 3.05) is 0 Å². The third-order valence-electron chi connectivity index (χ3n) is 3.10. The van der Waals surface area contributed by atoms with Crippen LogP contribution >= 0.6 is 0 Å². The van der Waals surface area contributed by atoms with Crippen LogP contribution in [0.2, 0.25) is 0 Å². The van der Waals surface area contributed by atoms with Gasteiger partial charge in [-0.2, -0.15) is 5.26 Å². The van der Waals surface area contributed by atoms with Gasteiger partial charge in [-0.25, -0.2) is 4.98 Å². The maximum atomic E-state index is 8.74. The van der Waals surface area contributed by atoms with Gasteiger partial charge in [-0.3, -0.25) is 0 Å². The van der Waals surface area contributed by atoms with Gasteiger partial charge in [-0.15, -0.1) is 0 Å². The molecule has 0 spiro atoms. The summed E-state index contributed by atoms with van der Waals surface area (Å²) < 4.78 is 7.67. The number of nitriles is 1. The average molecular weight is 263 g/mol. The molecule has 2 aromatic heterocycles. The lowest BCUT2D eigenvalue weighted by Crippen LogP contribution is -1.95. The molecule has 1 aromatic carbocycles. The number of benzene rings is 1. The first-order valence-corrected chi connectivity index (χ1v) is 6.32. The zero-order valence-corrected chi connectivity index (χ0v) is 11.1. The predicted molar refractivity (Wildman–Crippen MR) is 75.4 cm³/mol. The van der Waals surface area contributed by atoms with E-state index in [2.05, 4.69) is 11.1 Å². The van der Waals surface area contributed by atoms with Crippen molar-refractivity contribution in [2.24, 2.45) is 0 Å². The molecule has 3 aromatic rings. The number of aryl methyl sites for hydroxylation is 1. The standard InChI is InChI=1S/C16H13N3O/c1-12-3-2-8-19-10-14(18-16(12)19)11-20-15-6-4-13(9-17)5-7-15/h2-8,10H,11H2,1H3. The number of hydrogen-bond acceptors (Lipinski definition) is 3. The van der Waals surface area contributed by atoms with Crippen LogP contribution in [-0.4, -0.2) is 9.38 Å². The van der Waals surface area contributed by atoms with Crippen LogP contribution < -0.4 is 4.74 Å². The van der Waals surface area contributed by atoms with Crippen molar-refractivity contribution >= 4 is 5.65 Å². The maximum Gasteiger partial charge on any atom is 0.140 e. The van der Waals surface area contributed by atoms with Crippen LogP contribution in [-0.2, 0) is 6.61 Å². The van der Waals surface area contributed by atoms with Crippen molar-refractivity contribution in [1.82, 2.24) is 9.38 Å². The first-order valence-electron chi connectivity index (χ1n) is 6.32. The molecule has 0 amide bonds. The first kappa shape index (κ1) is 12.2. The second-order valence-corrected chi connectivity index (χ2v) is 4.58. The molecule has 0 N–H and O–H groups in total. The Morgan fingerprint density at radius 3 is 2.75 bits per heavy atom. The van der Waals surface area contributed by atoms with Crippen LogP contribution in [0, 0.1) is 18.3 Å². The zero-order valence-electron chi connectivity index (χ0n) is 11.1. The summed E-state index contributed by atoms with van der Waals surface area (Å²) in [5.41, 5.74) is 3.59. The van der Waals surface area contributed by atoms with Gasteiger partial charge in [0.25, 0.3) is 0 Å². The maximum absolute atomic E-state index is 8.74. The van der Waals surface area contributed by atoms with Crippen LogP contribution in [0.5, 0.6) is 5.75 Å². The molecule has 0 atom stereocenters. The summed E-state index contributed by atoms with van der Waals surface area (Å²) in [6, 6.07) is 13.2. The van der Waals surface area contributed by atoms with Crippen molar-refractivity contribution in [3.63, 3.8) is 0 Å². The van der Waals surface area contributed by atoms with E-state index in [1.54, 1.807) is 24.3 Å². The lowest BCUT2D eigenvalue weighted by atomic mass is 10.2. The van der Waals surface area contributed by atoms with Gasteiger partial charge in [-0.1, -0.05) is 6.07 Å². The molecule has 2 heterocycles. The zero-order chi connectivity index (χ0) is 13.9. The van der Waals surface area contributed by atoms with Gasteiger partial charge in [0.15, 0.2) is 0 Å². The molecule has 0 aliphatic rings. The van der Waals surface area contributed by atoms with E-state index >= 15 is 0 Å². The van der Waals surface area contributed by atoms with E-state index in [0.29, 0.717) is 12.2 Å². The van der Waals surface area contributed by atoms with Gasteiger partial charge >= 0.3 is 0 Å².